The summed E-state index contributed by atoms with van der Waals surface area (Å²) in [4.78, 5) is 14.7. The van der Waals surface area contributed by atoms with Gasteiger partial charge in [-0.2, -0.15) is 0 Å². The molecule has 1 spiro atoms. The van der Waals surface area contributed by atoms with Crippen molar-refractivity contribution in [2.75, 3.05) is 24.7 Å². The van der Waals surface area contributed by atoms with Crippen LogP contribution in [0.3, 0.4) is 0 Å². The maximum atomic E-state index is 13.3. The van der Waals surface area contributed by atoms with Crippen LogP contribution in [0.4, 0.5) is 10.1 Å². The Hall–Kier alpha value is -2.20. The Balaban J connectivity index is 1.80. The second-order valence-corrected chi connectivity index (χ2v) is 7.71. The molecule has 0 bridgehead atoms. The van der Waals surface area contributed by atoms with Gasteiger partial charge in [-0.25, -0.2) is 4.39 Å². The van der Waals surface area contributed by atoms with Crippen molar-refractivity contribution in [1.29, 1.82) is 0 Å². The fraction of sp³-hybridized carbons (Fsp3) is 0.409. The van der Waals surface area contributed by atoms with E-state index in [1.807, 2.05) is 24.8 Å². The quantitative estimate of drug-likeness (QED) is 0.793. The Morgan fingerprint density at radius 1 is 1.08 bits per heavy atom. The zero-order chi connectivity index (χ0) is 18.3. The summed E-state index contributed by atoms with van der Waals surface area (Å²) in [6.07, 6.45) is 1.85. The highest BCUT2D eigenvalue weighted by Gasteiger charge is 2.45. The number of carbonyl (C=O) groups excluding carboxylic acids is 1. The lowest BCUT2D eigenvalue weighted by atomic mass is 9.75. The molecule has 2 aliphatic heterocycles. The van der Waals surface area contributed by atoms with E-state index < -0.39 is 0 Å². The van der Waals surface area contributed by atoms with Crippen molar-refractivity contribution in [3.05, 3.63) is 53.8 Å². The topological polar surface area (TPSA) is 29.5 Å². The summed E-state index contributed by atoms with van der Waals surface area (Å²) < 4.78 is 18.9. The van der Waals surface area contributed by atoms with Gasteiger partial charge in [0, 0.05) is 36.8 Å². The van der Waals surface area contributed by atoms with E-state index in [0.717, 1.165) is 49.4 Å². The molecule has 2 aliphatic rings. The van der Waals surface area contributed by atoms with Crippen molar-refractivity contribution in [2.45, 2.75) is 32.1 Å². The summed E-state index contributed by atoms with van der Waals surface area (Å²) in [7, 11) is 0. The zero-order valence-electron chi connectivity index (χ0n) is 15.3. The van der Waals surface area contributed by atoms with E-state index in [1.165, 1.54) is 17.7 Å². The van der Waals surface area contributed by atoms with Crippen molar-refractivity contribution in [1.82, 2.24) is 0 Å². The third-order valence-corrected chi connectivity index (χ3v) is 5.71. The van der Waals surface area contributed by atoms with Gasteiger partial charge in [0.05, 0.1) is 0 Å². The molecule has 1 amide bonds. The average molecular weight is 353 g/mol. The van der Waals surface area contributed by atoms with Gasteiger partial charge in [0.25, 0.3) is 0 Å². The molecule has 4 rings (SSSR count). The Morgan fingerprint density at radius 2 is 1.73 bits per heavy atom. The van der Waals surface area contributed by atoms with Gasteiger partial charge < -0.3 is 9.64 Å². The molecule has 0 N–H and O–H groups in total. The second kappa shape index (κ2) is 6.51. The van der Waals surface area contributed by atoms with Crippen molar-refractivity contribution in [2.24, 2.45) is 5.92 Å². The van der Waals surface area contributed by atoms with E-state index in [-0.39, 0.29) is 23.1 Å². The number of benzene rings is 2. The van der Waals surface area contributed by atoms with Crippen LogP contribution in [0.15, 0.2) is 42.5 Å². The zero-order valence-corrected chi connectivity index (χ0v) is 15.3. The van der Waals surface area contributed by atoms with Crippen LogP contribution in [-0.2, 0) is 14.9 Å². The number of hydrogen-bond donors (Lipinski definition) is 0. The van der Waals surface area contributed by atoms with Gasteiger partial charge >= 0.3 is 0 Å². The molecular formula is C22H24FNO2. The predicted molar refractivity (Wildman–Crippen MR) is 101 cm³/mol. The van der Waals surface area contributed by atoms with Gasteiger partial charge in [-0.1, -0.05) is 32.0 Å². The number of hydrogen-bond acceptors (Lipinski definition) is 2. The Morgan fingerprint density at radius 3 is 2.38 bits per heavy atom. The first-order chi connectivity index (χ1) is 12.5. The summed E-state index contributed by atoms with van der Waals surface area (Å²) in [6, 6.07) is 12.9. The number of anilines is 1. The van der Waals surface area contributed by atoms with E-state index in [0.29, 0.717) is 0 Å². The van der Waals surface area contributed by atoms with Crippen LogP contribution in [0.25, 0.3) is 11.1 Å². The number of fused-ring (bicyclic) bond motifs is 2. The molecule has 0 atom stereocenters. The maximum absolute atomic E-state index is 13.3. The van der Waals surface area contributed by atoms with Gasteiger partial charge in [0.2, 0.25) is 5.91 Å². The minimum absolute atomic E-state index is 0.0328. The van der Waals surface area contributed by atoms with Gasteiger partial charge in [0.15, 0.2) is 0 Å². The van der Waals surface area contributed by atoms with E-state index in [1.54, 1.807) is 12.1 Å². The SMILES string of the molecule is CC(C)C(=O)N1CC2(CCOCC2)c2cc(-c3ccc(F)cc3)ccc21. The molecule has 1 fully saturated rings. The highest BCUT2D eigenvalue weighted by atomic mass is 19.1. The first-order valence-electron chi connectivity index (χ1n) is 9.30. The van der Waals surface area contributed by atoms with E-state index in [9.17, 15) is 9.18 Å². The Bertz CT molecular complexity index is 823. The molecule has 0 unspecified atom stereocenters. The summed E-state index contributed by atoms with van der Waals surface area (Å²) in [5, 5.41) is 0. The largest absolute Gasteiger partial charge is 0.381 e. The third kappa shape index (κ3) is 2.82. The number of amides is 1. The molecule has 0 aromatic heterocycles. The molecule has 0 saturated carbocycles. The molecule has 2 aromatic rings. The van der Waals surface area contributed by atoms with Crippen molar-refractivity contribution in [3.63, 3.8) is 0 Å². The van der Waals surface area contributed by atoms with Crippen LogP contribution in [0.1, 0.15) is 32.3 Å². The highest BCUT2D eigenvalue weighted by Crippen LogP contribution is 2.48. The van der Waals surface area contributed by atoms with Crippen LogP contribution >= 0.6 is 0 Å². The van der Waals surface area contributed by atoms with Gasteiger partial charge in [-0.15, -0.1) is 0 Å². The minimum Gasteiger partial charge on any atom is -0.381 e. The molecule has 136 valence electrons. The van der Waals surface area contributed by atoms with Crippen LogP contribution in [0.5, 0.6) is 0 Å². The van der Waals surface area contributed by atoms with Crippen molar-refractivity contribution in [3.8, 4) is 11.1 Å². The maximum Gasteiger partial charge on any atom is 0.229 e. The fourth-order valence-corrected chi connectivity index (χ4v) is 4.19. The standard InChI is InChI=1S/C22H24FNO2/c1-15(2)21(25)24-14-22(9-11-26-12-10-22)19-13-17(5-8-20(19)24)16-3-6-18(23)7-4-16/h3-8,13,15H,9-12,14H2,1-2H3. The molecule has 26 heavy (non-hydrogen) atoms. The number of carbonyl (C=O) groups is 1. The summed E-state index contributed by atoms with van der Waals surface area (Å²) >= 11 is 0. The number of ether oxygens (including phenoxy) is 1. The molecule has 3 nitrogen and oxygen atoms in total. The minimum atomic E-state index is -0.232. The lowest BCUT2D eigenvalue weighted by molar-refractivity contribution is -0.121. The van der Waals surface area contributed by atoms with Crippen LogP contribution in [-0.4, -0.2) is 25.7 Å². The Labute approximate surface area is 153 Å². The van der Waals surface area contributed by atoms with Gasteiger partial charge in [0.1, 0.15) is 5.82 Å². The number of halogens is 1. The van der Waals surface area contributed by atoms with Crippen LogP contribution in [0.2, 0.25) is 0 Å². The van der Waals surface area contributed by atoms with Crippen LogP contribution in [0, 0.1) is 11.7 Å². The summed E-state index contributed by atoms with van der Waals surface area (Å²) in [5.74, 6) is -0.0942. The number of nitrogens with zero attached hydrogens (tertiary/aromatic N) is 1. The monoisotopic (exact) mass is 353 g/mol. The second-order valence-electron chi connectivity index (χ2n) is 7.71. The van der Waals surface area contributed by atoms with E-state index in [2.05, 4.69) is 12.1 Å². The molecule has 0 aliphatic carbocycles. The third-order valence-electron chi connectivity index (χ3n) is 5.71. The van der Waals surface area contributed by atoms with E-state index in [4.69, 9.17) is 4.74 Å². The van der Waals surface area contributed by atoms with Crippen molar-refractivity contribution < 1.29 is 13.9 Å². The molecule has 4 heteroatoms. The lowest BCUT2D eigenvalue weighted by Crippen LogP contribution is -2.41. The molecule has 2 aromatic carbocycles. The van der Waals surface area contributed by atoms with E-state index >= 15 is 0 Å². The first kappa shape index (κ1) is 17.2. The number of rotatable bonds is 2. The highest BCUT2D eigenvalue weighted by molar-refractivity contribution is 5.98. The first-order valence-corrected chi connectivity index (χ1v) is 9.30. The Kier molecular flexibility index (Phi) is 4.31. The fourth-order valence-electron chi connectivity index (χ4n) is 4.19. The molecule has 2 heterocycles. The van der Waals surface area contributed by atoms with Crippen LogP contribution < -0.4 is 4.90 Å². The van der Waals surface area contributed by atoms with Gasteiger partial charge in [-0.05, 0) is 53.8 Å². The normalized spacial score (nSPS) is 18.4. The van der Waals surface area contributed by atoms with Gasteiger partial charge in [-0.3, -0.25) is 4.79 Å². The average Bonchev–Trinajstić information content (AvgIpc) is 2.96. The van der Waals surface area contributed by atoms with Crippen molar-refractivity contribution >= 4 is 11.6 Å². The smallest absolute Gasteiger partial charge is 0.229 e. The molecule has 1 saturated heterocycles. The molecular weight excluding hydrogens is 329 g/mol. The summed E-state index contributed by atoms with van der Waals surface area (Å²) in [6.45, 7) is 6.08. The lowest BCUT2D eigenvalue weighted by Gasteiger charge is -2.34. The molecule has 0 radical (unpaired) electrons. The summed E-state index contributed by atoms with van der Waals surface area (Å²) in [5.41, 5.74) is 4.28. The predicted octanol–water partition coefficient (Wildman–Crippen LogP) is 4.54.